The average Bonchev–Trinajstić information content (AvgIpc) is 2.62. The third-order valence-corrected chi connectivity index (χ3v) is 3.94. The zero-order chi connectivity index (χ0) is 15.0. The molecular formula is C14H17N3O2S. The fourth-order valence-electron chi connectivity index (χ4n) is 2.17. The van der Waals surface area contributed by atoms with Crippen LogP contribution in [0.4, 0.5) is 0 Å². The molecule has 0 aliphatic carbocycles. The molecule has 0 atom stereocenters. The topological polar surface area (TPSA) is 54.3 Å². The molecule has 1 aromatic heterocycles. The number of hydrogen-bond donors (Lipinski definition) is 1. The Labute approximate surface area is 123 Å². The Balaban J connectivity index is 2.46. The molecule has 20 heavy (non-hydrogen) atoms. The highest BCUT2D eigenvalue weighted by Crippen LogP contribution is 2.19. The summed E-state index contributed by atoms with van der Waals surface area (Å²) >= 11 is 4.99. The number of aromatic nitrogens is 1. The van der Waals surface area contributed by atoms with Crippen LogP contribution in [0.25, 0.3) is 6.08 Å². The average molecular weight is 291 g/mol. The molecule has 1 N–H and O–H groups in total. The molecule has 0 bridgehead atoms. The standard InChI is InChI=1S/C14H17N3O2S/c1-5-17-13(19)11(12(18)15-14(17)20)7-10-6-8(2)16(4)9(10)3/h6-7H,5H2,1-4H3,(H,15,18,20). The molecule has 1 aliphatic heterocycles. The van der Waals surface area contributed by atoms with E-state index >= 15 is 0 Å². The molecule has 1 aliphatic rings. The van der Waals surface area contributed by atoms with Gasteiger partial charge in [0.05, 0.1) is 0 Å². The lowest BCUT2D eigenvalue weighted by Crippen LogP contribution is -2.53. The molecule has 2 amide bonds. The Morgan fingerprint density at radius 1 is 1.35 bits per heavy atom. The number of carbonyl (C=O) groups is 2. The van der Waals surface area contributed by atoms with Crippen molar-refractivity contribution >= 4 is 35.2 Å². The SMILES string of the molecule is CCN1C(=O)C(=Cc2cc(C)n(C)c2C)C(=O)NC1=S. The van der Waals surface area contributed by atoms with Crippen LogP contribution in [-0.4, -0.2) is 32.9 Å². The summed E-state index contributed by atoms with van der Waals surface area (Å²) in [6.45, 7) is 6.18. The lowest BCUT2D eigenvalue weighted by Gasteiger charge is -2.27. The van der Waals surface area contributed by atoms with E-state index in [1.54, 1.807) is 6.08 Å². The van der Waals surface area contributed by atoms with Gasteiger partial charge in [0.1, 0.15) is 5.57 Å². The van der Waals surface area contributed by atoms with Crippen molar-refractivity contribution in [1.29, 1.82) is 0 Å². The van der Waals surface area contributed by atoms with Gasteiger partial charge in [-0.3, -0.25) is 19.8 Å². The quantitative estimate of drug-likeness (QED) is 0.507. The first-order valence-electron chi connectivity index (χ1n) is 6.38. The zero-order valence-electron chi connectivity index (χ0n) is 12.0. The number of rotatable bonds is 2. The second-order valence-corrected chi connectivity index (χ2v) is 5.14. The number of hydrogen-bond acceptors (Lipinski definition) is 3. The lowest BCUT2D eigenvalue weighted by atomic mass is 10.1. The maximum atomic E-state index is 12.3. The Hall–Kier alpha value is -1.95. The normalized spacial score (nSPS) is 17.9. The van der Waals surface area contributed by atoms with Gasteiger partial charge in [0, 0.05) is 25.0 Å². The van der Waals surface area contributed by atoms with Crippen LogP contribution < -0.4 is 5.32 Å². The third-order valence-electron chi connectivity index (χ3n) is 3.62. The monoisotopic (exact) mass is 291 g/mol. The summed E-state index contributed by atoms with van der Waals surface area (Å²) in [5.41, 5.74) is 3.06. The summed E-state index contributed by atoms with van der Waals surface area (Å²) < 4.78 is 2.01. The predicted octanol–water partition coefficient (Wildman–Crippen LogP) is 1.29. The summed E-state index contributed by atoms with van der Waals surface area (Å²) in [4.78, 5) is 25.6. The minimum absolute atomic E-state index is 0.120. The second-order valence-electron chi connectivity index (χ2n) is 4.75. The maximum Gasteiger partial charge on any atom is 0.265 e. The van der Waals surface area contributed by atoms with Gasteiger partial charge in [-0.2, -0.15) is 0 Å². The van der Waals surface area contributed by atoms with Gasteiger partial charge < -0.3 is 4.57 Å². The second kappa shape index (κ2) is 5.20. The van der Waals surface area contributed by atoms with Gasteiger partial charge in [0.15, 0.2) is 5.11 Å². The van der Waals surface area contributed by atoms with Crippen LogP contribution in [0.15, 0.2) is 11.6 Å². The molecule has 1 saturated heterocycles. The van der Waals surface area contributed by atoms with Crippen LogP contribution in [0.1, 0.15) is 23.9 Å². The highest BCUT2D eigenvalue weighted by atomic mass is 32.1. The molecule has 0 spiro atoms. The molecule has 1 aromatic rings. The summed E-state index contributed by atoms with van der Waals surface area (Å²) in [6, 6.07) is 1.95. The van der Waals surface area contributed by atoms with Crippen molar-refractivity contribution in [3.8, 4) is 0 Å². The van der Waals surface area contributed by atoms with Gasteiger partial charge in [0.2, 0.25) is 0 Å². The van der Waals surface area contributed by atoms with Gasteiger partial charge in [-0.15, -0.1) is 0 Å². The van der Waals surface area contributed by atoms with Crippen molar-refractivity contribution in [2.24, 2.45) is 7.05 Å². The van der Waals surface area contributed by atoms with E-state index in [9.17, 15) is 9.59 Å². The summed E-state index contributed by atoms with van der Waals surface area (Å²) in [5, 5.41) is 2.71. The largest absolute Gasteiger partial charge is 0.352 e. The number of amides is 2. The summed E-state index contributed by atoms with van der Waals surface area (Å²) in [5.74, 6) is -0.784. The Morgan fingerprint density at radius 3 is 2.50 bits per heavy atom. The van der Waals surface area contributed by atoms with Crippen LogP contribution in [-0.2, 0) is 16.6 Å². The first-order chi connectivity index (χ1) is 9.36. The van der Waals surface area contributed by atoms with Crippen molar-refractivity contribution in [3.63, 3.8) is 0 Å². The first kappa shape index (κ1) is 14.5. The highest BCUT2D eigenvalue weighted by molar-refractivity contribution is 7.80. The van der Waals surface area contributed by atoms with E-state index < -0.39 is 5.91 Å². The molecule has 106 valence electrons. The molecule has 2 heterocycles. The fourth-order valence-corrected chi connectivity index (χ4v) is 2.47. The molecule has 0 radical (unpaired) electrons. The summed E-state index contributed by atoms with van der Waals surface area (Å²) in [7, 11) is 1.95. The first-order valence-corrected chi connectivity index (χ1v) is 6.79. The Kier molecular flexibility index (Phi) is 3.76. The molecule has 0 unspecified atom stereocenters. The fraction of sp³-hybridized carbons (Fsp3) is 0.357. The Bertz CT molecular complexity index is 643. The van der Waals surface area contributed by atoms with E-state index in [1.165, 1.54) is 4.90 Å². The Morgan fingerprint density at radius 2 is 2.00 bits per heavy atom. The minimum atomic E-state index is -0.439. The van der Waals surface area contributed by atoms with Gasteiger partial charge in [0.25, 0.3) is 11.8 Å². The summed E-state index contributed by atoms with van der Waals surface area (Å²) in [6.07, 6.45) is 1.63. The molecular weight excluding hydrogens is 274 g/mol. The van der Waals surface area contributed by atoms with Crippen molar-refractivity contribution in [2.75, 3.05) is 6.54 Å². The van der Waals surface area contributed by atoms with Crippen molar-refractivity contribution in [3.05, 3.63) is 28.6 Å². The van der Waals surface area contributed by atoms with E-state index in [4.69, 9.17) is 12.2 Å². The highest BCUT2D eigenvalue weighted by Gasteiger charge is 2.32. The van der Waals surface area contributed by atoms with Crippen LogP contribution in [0.2, 0.25) is 0 Å². The maximum absolute atomic E-state index is 12.3. The van der Waals surface area contributed by atoms with E-state index in [1.807, 2.05) is 38.5 Å². The number of nitrogens with one attached hydrogen (secondary N) is 1. The van der Waals surface area contributed by atoms with Crippen LogP contribution in [0.5, 0.6) is 0 Å². The predicted molar refractivity (Wildman–Crippen MR) is 81.0 cm³/mol. The molecule has 5 nitrogen and oxygen atoms in total. The third kappa shape index (κ3) is 2.27. The van der Waals surface area contributed by atoms with Gasteiger partial charge >= 0.3 is 0 Å². The smallest absolute Gasteiger partial charge is 0.265 e. The van der Waals surface area contributed by atoms with Crippen LogP contribution >= 0.6 is 12.2 Å². The molecule has 1 fully saturated rings. The van der Waals surface area contributed by atoms with Crippen molar-refractivity contribution < 1.29 is 9.59 Å². The van der Waals surface area contributed by atoms with Crippen molar-refractivity contribution in [2.45, 2.75) is 20.8 Å². The minimum Gasteiger partial charge on any atom is -0.352 e. The van der Waals surface area contributed by atoms with E-state index in [0.29, 0.717) is 6.54 Å². The zero-order valence-corrected chi connectivity index (χ0v) is 12.8. The van der Waals surface area contributed by atoms with Crippen LogP contribution in [0.3, 0.4) is 0 Å². The van der Waals surface area contributed by atoms with Crippen LogP contribution in [0, 0.1) is 13.8 Å². The number of aryl methyl sites for hydroxylation is 1. The van der Waals surface area contributed by atoms with Gasteiger partial charge in [-0.25, -0.2) is 0 Å². The number of nitrogens with zero attached hydrogens (tertiary/aromatic N) is 2. The molecule has 0 saturated carbocycles. The number of likely N-dealkylation sites (N-methyl/N-ethyl adjacent to an activating group) is 1. The van der Waals surface area contributed by atoms with E-state index in [-0.39, 0.29) is 16.6 Å². The molecule has 6 heteroatoms. The molecule has 2 rings (SSSR count). The number of thiocarbonyl (C=S) groups is 1. The number of carbonyl (C=O) groups excluding carboxylic acids is 2. The van der Waals surface area contributed by atoms with Gasteiger partial charge in [-0.05, 0) is 50.7 Å². The van der Waals surface area contributed by atoms with Crippen molar-refractivity contribution in [1.82, 2.24) is 14.8 Å². The van der Waals surface area contributed by atoms with E-state index in [0.717, 1.165) is 17.0 Å². The van der Waals surface area contributed by atoms with Gasteiger partial charge in [-0.1, -0.05) is 0 Å². The molecule has 0 aromatic carbocycles. The lowest BCUT2D eigenvalue weighted by molar-refractivity contribution is -0.128. The van der Waals surface area contributed by atoms with E-state index in [2.05, 4.69) is 5.32 Å².